The molecule has 0 radical (unpaired) electrons. The molecule has 158 valence electrons. The molecule has 0 spiro atoms. The predicted octanol–water partition coefficient (Wildman–Crippen LogP) is 6.69. The number of aryl methyl sites for hydroxylation is 1. The highest BCUT2D eigenvalue weighted by atomic mass is 14.9. The van der Waals surface area contributed by atoms with Crippen LogP contribution in [-0.4, -0.2) is 7.05 Å². The molecule has 0 saturated heterocycles. The van der Waals surface area contributed by atoms with Gasteiger partial charge in [0.2, 0.25) is 0 Å². The van der Waals surface area contributed by atoms with Crippen molar-refractivity contribution in [1.29, 1.82) is 0 Å². The molecule has 0 fully saturated rings. The molecule has 0 heterocycles. The van der Waals surface area contributed by atoms with Gasteiger partial charge in [0.1, 0.15) is 11.4 Å². The summed E-state index contributed by atoms with van der Waals surface area (Å²) in [5.41, 5.74) is 9.03. The third-order valence-corrected chi connectivity index (χ3v) is 4.96. The van der Waals surface area contributed by atoms with Crippen LogP contribution in [0.3, 0.4) is 0 Å². The molecular formula is C27H31N4+. The Labute approximate surface area is 185 Å². The van der Waals surface area contributed by atoms with Gasteiger partial charge in [-0.15, -0.1) is 0 Å². The number of rotatable bonds is 7. The zero-order valence-electron chi connectivity index (χ0n) is 17.3. The molecule has 0 aliphatic carbocycles. The van der Waals surface area contributed by atoms with Crippen molar-refractivity contribution in [1.82, 2.24) is 0 Å². The second-order valence-corrected chi connectivity index (χ2v) is 7.33. The van der Waals surface area contributed by atoms with Gasteiger partial charge < -0.3 is 16.0 Å². The van der Waals surface area contributed by atoms with Gasteiger partial charge in [0.05, 0.1) is 0 Å². The number of hydrogen-bond acceptors (Lipinski definition) is 3. The van der Waals surface area contributed by atoms with Gasteiger partial charge in [-0.25, -0.2) is 0 Å². The summed E-state index contributed by atoms with van der Waals surface area (Å²) < 4.78 is 0. The van der Waals surface area contributed by atoms with Crippen LogP contribution in [0.15, 0.2) is 97.1 Å². The maximum atomic E-state index is 3.46. The molecule has 4 rings (SSSR count). The van der Waals surface area contributed by atoms with E-state index in [1.54, 1.807) is 0 Å². The van der Waals surface area contributed by atoms with Gasteiger partial charge in [0, 0.05) is 59.8 Å². The van der Waals surface area contributed by atoms with E-state index in [2.05, 4.69) is 125 Å². The Morgan fingerprint density at radius 2 is 0.806 bits per heavy atom. The maximum Gasteiger partial charge on any atom is 0.134 e. The third-order valence-electron chi connectivity index (χ3n) is 4.96. The number of nitrogens with one attached hydrogen (secondary N) is 3. The largest absolute Gasteiger partial charge is 0.388 e. The molecule has 0 bridgehead atoms. The van der Waals surface area contributed by atoms with E-state index < -0.39 is 0 Å². The molecule has 31 heavy (non-hydrogen) atoms. The molecule has 4 aromatic carbocycles. The highest BCUT2D eigenvalue weighted by molar-refractivity contribution is 5.66. The molecule has 0 aliphatic heterocycles. The van der Waals surface area contributed by atoms with Gasteiger partial charge in [-0.05, 0) is 67.6 Å². The highest BCUT2D eigenvalue weighted by Gasteiger charge is 2.02. The van der Waals surface area contributed by atoms with Crippen molar-refractivity contribution in [2.75, 3.05) is 23.0 Å². The second kappa shape index (κ2) is 10.3. The van der Waals surface area contributed by atoms with E-state index >= 15 is 0 Å². The molecule has 0 saturated carbocycles. The third kappa shape index (κ3) is 6.11. The Kier molecular flexibility index (Phi) is 7.31. The number of hydrogen-bond donors (Lipinski definition) is 4. The summed E-state index contributed by atoms with van der Waals surface area (Å²) in [7, 11) is 1.93. The van der Waals surface area contributed by atoms with Gasteiger partial charge >= 0.3 is 0 Å². The van der Waals surface area contributed by atoms with Crippen molar-refractivity contribution < 1.29 is 5.32 Å². The first-order valence-corrected chi connectivity index (χ1v) is 10.1. The lowest BCUT2D eigenvalue weighted by atomic mass is 10.2. The maximum absolute atomic E-state index is 3.46. The van der Waals surface area contributed by atoms with Gasteiger partial charge in [-0.1, -0.05) is 25.1 Å². The van der Waals surface area contributed by atoms with E-state index in [1.165, 1.54) is 16.9 Å². The summed E-state index contributed by atoms with van der Waals surface area (Å²) in [5, 5.41) is 12.2. The lowest BCUT2D eigenvalue weighted by molar-refractivity contribution is -0.478. The van der Waals surface area contributed by atoms with E-state index in [-0.39, 0.29) is 7.43 Å². The van der Waals surface area contributed by atoms with Gasteiger partial charge in [-0.3, -0.25) is 5.32 Å². The van der Waals surface area contributed by atoms with E-state index in [1.807, 2.05) is 7.05 Å². The minimum Gasteiger partial charge on any atom is -0.388 e. The van der Waals surface area contributed by atoms with Crippen LogP contribution in [0.1, 0.15) is 13.0 Å². The van der Waals surface area contributed by atoms with Gasteiger partial charge in [0.15, 0.2) is 0 Å². The number of benzene rings is 4. The first-order chi connectivity index (χ1) is 14.7. The van der Waals surface area contributed by atoms with E-state index in [4.69, 9.17) is 0 Å². The van der Waals surface area contributed by atoms with E-state index in [9.17, 15) is 0 Å². The van der Waals surface area contributed by atoms with Gasteiger partial charge in [-0.2, -0.15) is 0 Å². The Morgan fingerprint density at radius 1 is 0.484 bits per heavy atom. The molecular weight excluding hydrogens is 380 g/mol. The monoisotopic (exact) mass is 411 g/mol. The summed E-state index contributed by atoms with van der Waals surface area (Å²) in [6, 6.07) is 33.6. The molecule has 0 aliphatic rings. The Balaban J connectivity index is 0.00000272. The van der Waals surface area contributed by atoms with Crippen LogP contribution in [0.4, 0.5) is 39.8 Å². The molecule has 4 aromatic rings. The fraction of sp³-hybridized carbons (Fsp3) is 0.111. The highest BCUT2D eigenvalue weighted by Crippen LogP contribution is 2.22. The fourth-order valence-electron chi connectivity index (χ4n) is 3.21. The summed E-state index contributed by atoms with van der Waals surface area (Å²) in [5.74, 6) is 0. The number of nitrogens with two attached hydrogens (primary N) is 1. The summed E-state index contributed by atoms with van der Waals surface area (Å²) in [6.07, 6.45) is 0. The second-order valence-electron chi connectivity index (χ2n) is 7.33. The van der Waals surface area contributed by atoms with Crippen molar-refractivity contribution in [3.8, 4) is 0 Å². The number of quaternary nitrogens is 1. The van der Waals surface area contributed by atoms with Crippen LogP contribution >= 0.6 is 0 Å². The Hall–Kier alpha value is -3.76. The van der Waals surface area contributed by atoms with Crippen molar-refractivity contribution >= 4 is 39.8 Å². The smallest absolute Gasteiger partial charge is 0.134 e. The normalized spacial score (nSPS) is 10.1. The first kappa shape index (κ1) is 21.9. The SMILES string of the molecule is C.CNc1ccc([NH2+]c2ccc(Nc3ccc(Nc4ccc(C)cc4)cc3)cc2)cc1. The average molecular weight is 412 g/mol. The number of anilines is 5. The van der Waals surface area contributed by atoms with E-state index in [0.717, 1.165) is 28.4 Å². The van der Waals surface area contributed by atoms with Crippen LogP contribution in [-0.2, 0) is 0 Å². The van der Waals surface area contributed by atoms with Crippen LogP contribution in [0.25, 0.3) is 0 Å². The van der Waals surface area contributed by atoms with Crippen LogP contribution in [0, 0.1) is 6.92 Å². The van der Waals surface area contributed by atoms with Crippen molar-refractivity contribution in [3.63, 3.8) is 0 Å². The van der Waals surface area contributed by atoms with Crippen LogP contribution in [0.2, 0.25) is 0 Å². The molecule has 0 unspecified atom stereocenters. The summed E-state index contributed by atoms with van der Waals surface area (Å²) in [4.78, 5) is 0. The summed E-state index contributed by atoms with van der Waals surface area (Å²) in [6.45, 7) is 2.09. The molecule has 4 nitrogen and oxygen atoms in total. The lowest BCUT2D eigenvalue weighted by Gasteiger charge is -2.10. The van der Waals surface area contributed by atoms with Crippen LogP contribution < -0.4 is 21.3 Å². The topological polar surface area (TPSA) is 52.7 Å². The average Bonchev–Trinajstić information content (AvgIpc) is 2.78. The van der Waals surface area contributed by atoms with Gasteiger partial charge in [0.25, 0.3) is 0 Å². The molecule has 0 aromatic heterocycles. The summed E-state index contributed by atoms with van der Waals surface area (Å²) >= 11 is 0. The van der Waals surface area contributed by atoms with E-state index in [0.29, 0.717) is 0 Å². The molecule has 0 amide bonds. The quantitative estimate of drug-likeness (QED) is 0.256. The van der Waals surface area contributed by atoms with Crippen molar-refractivity contribution in [2.45, 2.75) is 14.4 Å². The molecule has 4 heteroatoms. The molecule has 5 N–H and O–H groups in total. The zero-order chi connectivity index (χ0) is 20.8. The first-order valence-electron chi connectivity index (χ1n) is 10.1. The Morgan fingerprint density at radius 3 is 1.19 bits per heavy atom. The minimum absolute atomic E-state index is 0. The lowest BCUT2D eigenvalue weighted by Crippen LogP contribution is -2.70. The predicted molar refractivity (Wildman–Crippen MR) is 135 cm³/mol. The van der Waals surface area contributed by atoms with Crippen molar-refractivity contribution in [3.05, 3.63) is 103 Å². The van der Waals surface area contributed by atoms with Crippen LogP contribution in [0.5, 0.6) is 0 Å². The Bertz CT molecular complexity index is 1070. The minimum atomic E-state index is 0. The fourth-order valence-corrected chi connectivity index (χ4v) is 3.21. The zero-order valence-corrected chi connectivity index (χ0v) is 17.3. The van der Waals surface area contributed by atoms with Crippen molar-refractivity contribution in [2.24, 2.45) is 0 Å². The molecule has 0 atom stereocenters. The standard InChI is InChI=1S/C26H26N4.CH4/c1-19-3-5-21(6-4-19)28-23-11-13-25(14-12-23)30-26-17-15-24(16-18-26)29-22-9-7-20(27-2)8-10-22;/h3-18,27-30H,1-2H3;1H4/p+1.